The van der Waals surface area contributed by atoms with Gasteiger partial charge in [0.25, 0.3) is 0 Å². The Bertz CT molecular complexity index is 280. The number of nitrogens with one attached hydrogen (secondary N) is 1. The van der Waals surface area contributed by atoms with Crippen LogP contribution < -0.4 is 5.32 Å². The summed E-state index contributed by atoms with van der Waals surface area (Å²) < 4.78 is 1.98. The number of hydrogen-bond acceptors (Lipinski definition) is 2. The SMILES string of the molecule is CCCCCCC(NCC)c1ccnn1C. The van der Waals surface area contributed by atoms with Gasteiger partial charge in [-0.3, -0.25) is 4.68 Å². The minimum atomic E-state index is 0.467. The average molecular weight is 223 g/mol. The van der Waals surface area contributed by atoms with E-state index in [0.717, 1.165) is 6.54 Å². The van der Waals surface area contributed by atoms with Gasteiger partial charge >= 0.3 is 0 Å². The van der Waals surface area contributed by atoms with Crippen molar-refractivity contribution in [3.05, 3.63) is 18.0 Å². The summed E-state index contributed by atoms with van der Waals surface area (Å²) in [7, 11) is 2.02. The molecule has 1 rings (SSSR count). The Labute approximate surface area is 99.2 Å². The summed E-state index contributed by atoms with van der Waals surface area (Å²) >= 11 is 0. The first-order chi connectivity index (χ1) is 7.79. The molecule has 0 aliphatic rings. The standard InChI is InChI=1S/C13H25N3/c1-4-6-7-8-9-12(14-5-2)13-10-11-15-16(13)3/h10-12,14H,4-9H2,1-3H3. The lowest BCUT2D eigenvalue weighted by atomic mass is 10.0. The second-order valence-corrected chi connectivity index (χ2v) is 4.34. The van der Waals surface area contributed by atoms with Crippen LogP contribution in [0.5, 0.6) is 0 Å². The molecule has 1 N–H and O–H groups in total. The van der Waals surface area contributed by atoms with Crippen molar-refractivity contribution in [2.24, 2.45) is 7.05 Å². The summed E-state index contributed by atoms with van der Waals surface area (Å²) in [6.45, 7) is 5.43. The molecule has 0 fully saturated rings. The predicted molar refractivity (Wildman–Crippen MR) is 68.4 cm³/mol. The van der Waals surface area contributed by atoms with E-state index >= 15 is 0 Å². The van der Waals surface area contributed by atoms with Crippen LogP contribution in [0.15, 0.2) is 12.3 Å². The summed E-state index contributed by atoms with van der Waals surface area (Å²) in [5.74, 6) is 0. The van der Waals surface area contributed by atoms with Gasteiger partial charge in [0, 0.05) is 19.3 Å². The molecule has 1 heterocycles. The zero-order valence-corrected chi connectivity index (χ0v) is 10.9. The molecule has 3 nitrogen and oxygen atoms in total. The quantitative estimate of drug-likeness (QED) is 0.686. The summed E-state index contributed by atoms with van der Waals surface area (Å²) in [4.78, 5) is 0. The fraction of sp³-hybridized carbons (Fsp3) is 0.769. The topological polar surface area (TPSA) is 29.9 Å². The summed E-state index contributed by atoms with van der Waals surface area (Å²) in [5, 5.41) is 7.78. The molecule has 0 saturated heterocycles. The van der Waals surface area contributed by atoms with Gasteiger partial charge in [-0.05, 0) is 19.0 Å². The molecule has 0 aromatic carbocycles. The Morgan fingerprint density at radius 3 is 2.69 bits per heavy atom. The third kappa shape index (κ3) is 3.97. The molecule has 3 heteroatoms. The van der Waals surface area contributed by atoms with Crippen molar-refractivity contribution >= 4 is 0 Å². The first-order valence-electron chi connectivity index (χ1n) is 6.50. The molecule has 1 aromatic heterocycles. The maximum Gasteiger partial charge on any atom is 0.0550 e. The van der Waals surface area contributed by atoms with E-state index in [0.29, 0.717) is 6.04 Å². The normalized spacial score (nSPS) is 12.9. The van der Waals surface area contributed by atoms with Crippen molar-refractivity contribution in [2.75, 3.05) is 6.54 Å². The zero-order valence-electron chi connectivity index (χ0n) is 10.9. The van der Waals surface area contributed by atoms with Gasteiger partial charge in [0.15, 0.2) is 0 Å². The highest BCUT2D eigenvalue weighted by molar-refractivity contribution is 5.06. The van der Waals surface area contributed by atoms with E-state index in [9.17, 15) is 0 Å². The Balaban J connectivity index is 2.45. The van der Waals surface area contributed by atoms with Crippen LogP contribution >= 0.6 is 0 Å². The van der Waals surface area contributed by atoms with Gasteiger partial charge in [-0.15, -0.1) is 0 Å². The molecule has 0 amide bonds. The van der Waals surface area contributed by atoms with Crippen molar-refractivity contribution in [3.63, 3.8) is 0 Å². The fourth-order valence-electron chi connectivity index (χ4n) is 2.10. The average Bonchev–Trinajstić information content (AvgIpc) is 2.69. The van der Waals surface area contributed by atoms with Gasteiger partial charge in [0.05, 0.1) is 5.69 Å². The molecular weight excluding hydrogens is 198 g/mol. The van der Waals surface area contributed by atoms with Crippen molar-refractivity contribution in [1.29, 1.82) is 0 Å². The summed E-state index contributed by atoms with van der Waals surface area (Å²) in [6, 6.07) is 2.59. The highest BCUT2D eigenvalue weighted by atomic mass is 15.3. The molecule has 0 radical (unpaired) electrons. The van der Waals surface area contributed by atoms with Crippen molar-refractivity contribution in [3.8, 4) is 0 Å². The smallest absolute Gasteiger partial charge is 0.0550 e. The van der Waals surface area contributed by atoms with Crippen molar-refractivity contribution in [1.82, 2.24) is 15.1 Å². The number of rotatable bonds is 8. The molecule has 0 aliphatic carbocycles. The van der Waals surface area contributed by atoms with Gasteiger partial charge in [0.2, 0.25) is 0 Å². The third-order valence-corrected chi connectivity index (χ3v) is 3.01. The fourth-order valence-corrected chi connectivity index (χ4v) is 2.10. The Morgan fingerprint density at radius 1 is 1.31 bits per heavy atom. The first-order valence-corrected chi connectivity index (χ1v) is 6.50. The summed E-state index contributed by atoms with van der Waals surface area (Å²) in [6.07, 6.45) is 8.40. The monoisotopic (exact) mass is 223 g/mol. The van der Waals surface area contributed by atoms with Crippen molar-refractivity contribution in [2.45, 2.75) is 52.0 Å². The maximum atomic E-state index is 4.24. The number of hydrogen-bond donors (Lipinski definition) is 1. The van der Waals surface area contributed by atoms with Crippen LogP contribution in [0, 0.1) is 0 Å². The molecule has 1 unspecified atom stereocenters. The largest absolute Gasteiger partial charge is 0.309 e. The maximum absolute atomic E-state index is 4.24. The molecule has 1 atom stereocenters. The van der Waals surface area contributed by atoms with Crippen LogP contribution in [-0.4, -0.2) is 16.3 Å². The third-order valence-electron chi connectivity index (χ3n) is 3.01. The Morgan fingerprint density at radius 2 is 2.12 bits per heavy atom. The highest BCUT2D eigenvalue weighted by Gasteiger charge is 2.12. The lowest BCUT2D eigenvalue weighted by molar-refractivity contribution is 0.455. The van der Waals surface area contributed by atoms with Crippen LogP contribution in [0.4, 0.5) is 0 Å². The van der Waals surface area contributed by atoms with Crippen molar-refractivity contribution < 1.29 is 0 Å². The van der Waals surface area contributed by atoms with E-state index in [2.05, 4.69) is 30.3 Å². The van der Waals surface area contributed by atoms with Gasteiger partial charge in [-0.2, -0.15) is 5.10 Å². The second-order valence-electron chi connectivity index (χ2n) is 4.34. The minimum Gasteiger partial charge on any atom is -0.309 e. The predicted octanol–water partition coefficient (Wildman–Crippen LogP) is 3.04. The van der Waals surface area contributed by atoms with E-state index in [4.69, 9.17) is 0 Å². The molecule has 0 aliphatic heterocycles. The minimum absolute atomic E-state index is 0.467. The zero-order chi connectivity index (χ0) is 11.8. The van der Waals surface area contributed by atoms with E-state index < -0.39 is 0 Å². The van der Waals surface area contributed by atoms with Crippen LogP contribution in [0.3, 0.4) is 0 Å². The number of aromatic nitrogens is 2. The van der Waals surface area contributed by atoms with E-state index in [1.54, 1.807) is 0 Å². The van der Waals surface area contributed by atoms with Crippen LogP contribution in [0.1, 0.15) is 57.7 Å². The van der Waals surface area contributed by atoms with Gasteiger partial charge in [0.1, 0.15) is 0 Å². The lowest BCUT2D eigenvalue weighted by Crippen LogP contribution is -2.23. The van der Waals surface area contributed by atoms with Gasteiger partial charge < -0.3 is 5.32 Å². The number of unbranched alkanes of at least 4 members (excludes halogenated alkanes) is 3. The Hall–Kier alpha value is -0.830. The van der Waals surface area contributed by atoms with Crippen LogP contribution in [0.2, 0.25) is 0 Å². The number of nitrogens with zero attached hydrogens (tertiary/aromatic N) is 2. The summed E-state index contributed by atoms with van der Waals surface area (Å²) in [5.41, 5.74) is 1.30. The molecule has 0 spiro atoms. The van der Waals surface area contributed by atoms with Crippen LogP contribution in [0.25, 0.3) is 0 Å². The molecule has 1 aromatic rings. The highest BCUT2D eigenvalue weighted by Crippen LogP contribution is 2.19. The Kier molecular flexibility index (Phi) is 6.16. The molecule has 16 heavy (non-hydrogen) atoms. The van der Waals surface area contributed by atoms with Gasteiger partial charge in [-0.1, -0.05) is 39.5 Å². The van der Waals surface area contributed by atoms with Crippen LogP contribution in [-0.2, 0) is 7.05 Å². The molecular formula is C13H25N3. The van der Waals surface area contributed by atoms with E-state index in [1.807, 2.05) is 17.9 Å². The van der Waals surface area contributed by atoms with E-state index in [1.165, 1.54) is 37.8 Å². The lowest BCUT2D eigenvalue weighted by Gasteiger charge is -2.18. The van der Waals surface area contributed by atoms with E-state index in [-0.39, 0.29) is 0 Å². The van der Waals surface area contributed by atoms with Gasteiger partial charge in [-0.25, -0.2) is 0 Å². The number of aryl methyl sites for hydroxylation is 1. The molecule has 92 valence electrons. The molecule has 0 bridgehead atoms. The second kappa shape index (κ2) is 7.44. The first kappa shape index (κ1) is 13.2. The molecule has 0 saturated carbocycles.